The van der Waals surface area contributed by atoms with Gasteiger partial charge in [0.25, 0.3) is 5.91 Å². The van der Waals surface area contributed by atoms with Gasteiger partial charge in [-0.3, -0.25) is 10.2 Å². The van der Waals surface area contributed by atoms with E-state index < -0.39 is 17.5 Å². The van der Waals surface area contributed by atoms with E-state index >= 15 is 0 Å². The van der Waals surface area contributed by atoms with Gasteiger partial charge in [-0.2, -0.15) is 5.01 Å². The van der Waals surface area contributed by atoms with Crippen LogP contribution >= 0.6 is 12.2 Å². The number of rotatable bonds is 4. The molecule has 1 heterocycles. The SMILES string of the molecule is COc1cccc([C@@]2(C)NC(=O)N(NC(=S)Nc3ccccc3C)C2=O)c1. The fourth-order valence-electron chi connectivity index (χ4n) is 2.84. The fraction of sp³-hybridized carbons (Fsp3) is 0.211. The Hall–Kier alpha value is -3.13. The van der Waals surface area contributed by atoms with Crippen LogP contribution in [-0.4, -0.2) is 29.2 Å². The van der Waals surface area contributed by atoms with E-state index in [9.17, 15) is 9.59 Å². The lowest BCUT2D eigenvalue weighted by Crippen LogP contribution is -2.49. The smallest absolute Gasteiger partial charge is 0.344 e. The summed E-state index contributed by atoms with van der Waals surface area (Å²) >= 11 is 5.25. The third-order valence-electron chi connectivity index (χ3n) is 4.44. The summed E-state index contributed by atoms with van der Waals surface area (Å²) in [5, 5.41) is 6.72. The van der Waals surface area contributed by atoms with Crippen LogP contribution in [0.15, 0.2) is 48.5 Å². The summed E-state index contributed by atoms with van der Waals surface area (Å²) in [6, 6.07) is 14.0. The summed E-state index contributed by atoms with van der Waals surface area (Å²) in [5.41, 5.74) is 3.83. The first-order valence-electron chi connectivity index (χ1n) is 8.29. The zero-order valence-corrected chi connectivity index (χ0v) is 16.0. The highest BCUT2D eigenvalue weighted by Gasteiger charge is 2.50. The van der Waals surface area contributed by atoms with Gasteiger partial charge in [-0.05, 0) is 55.4 Å². The minimum absolute atomic E-state index is 0.141. The number of imide groups is 1. The molecule has 0 spiro atoms. The Morgan fingerprint density at radius 1 is 1.19 bits per heavy atom. The van der Waals surface area contributed by atoms with Crippen molar-refractivity contribution in [2.24, 2.45) is 0 Å². The number of carbonyl (C=O) groups excluding carboxylic acids is 2. The zero-order chi connectivity index (χ0) is 19.6. The molecule has 8 heteroatoms. The maximum absolute atomic E-state index is 12.9. The number of benzene rings is 2. The first-order chi connectivity index (χ1) is 12.8. The van der Waals surface area contributed by atoms with Crippen molar-refractivity contribution in [1.82, 2.24) is 15.8 Å². The van der Waals surface area contributed by atoms with Gasteiger partial charge >= 0.3 is 6.03 Å². The number of urea groups is 1. The molecule has 2 aromatic rings. The number of carbonyl (C=O) groups is 2. The standard InChI is InChI=1S/C19H20N4O3S/c1-12-7-4-5-10-15(12)20-17(27)22-23-16(24)19(2,21-18(23)25)13-8-6-9-14(11-13)26-3/h4-11H,1-3H3,(H,21,25)(H2,20,22,27)/t19-/m1/s1. The molecule has 1 aliphatic rings. The number of nitrogens with zero attached hydrogens (tertiary/aromatic N) is 1. The molecule has 2 aromatic carbocycles. The van der Waals surface area contributed by atoms with Crippen LogP contribution in [-0.2, 0) is 10.3 Å². The van der Waals surface area contributed by atoms with Gasteiger partial charge < -0.3 is 15.4 Å². The molecule has 27 heavy (non-hydrogen) atoms. The van der Waals surface area contributed by atoms with Crippen LogP contribution in [0.25, 0.3) is 0 Å². The Balaban J connectivity index is 1.77. The summed E-state index contributed by atoms with van der Waals surface area (Å²) in [6.07, 6.45) is 0. The molecular formula is C19H20N4O3S. The van der Waals surface area contributed by atoms with E-state index in [-0.39, 0.29) is 5.11 Å². The van der Waals surface area contributed by atoms with Crippen molar-refractivity contribution in [2.75, 3.05) is 12.4 Å². The summed E-state index contributed by atoms with van der Waals surface area (Å²) in [6.45, 7) is 3.57. The molecule has 1 aliphatic heterocycles. The van der Waals surface area contributed by atoms with E-state index in [1.54, 1.807) is 38.3 Å². The van der Waals surface area contributed by atoms with Crippen molar-refractivity contribution >= 4 is 35.0 Å². The highest BCUT2D eigenvalue weighted by molar-refractivity contribution is 7.80. The Kier molecular flexibility index (Phi) is 5.00. The molecule has 3 rings (SSSR count). The largest absolute Gasteiger partial charge is 0.497 e. The number of ether oxygens (including phenoxy) is 1. The quantitative estimate of drug-likeness (QED) is 0.555. The van der Waals surface area contributed by atoms with Gasteiger partial charge in [0.2, 0.25) is 0 Å². The van der Waals surface area contributed by atoms with Gasteiger partial charge in [-0.1, -0.05) is 30.3 Å². The number of nitrogens with one attached hydrogen (secondary N) is 3. The van der Waals surface area contributed by atoms with Crippen LogP contribution in [0.3, 0.4) is 0 Å². The predicted molar refractivity (Wildman–Crippen MR) is 106 cm³/mol. The van der Waals surface area contributed by atoms with Crippen molar-refractivity contribution in [3.63, 3.8) is 0 Å². The lowest BCUT2D eigenvalue weighted by molar-refractivity contribution is -0.132. The topological polar surface area (TPSA) is 82.7 Å². The first-order valence-corrected chi connectivity index (χ1v) is 8.70. The van der Waals surface area contributed by atoms with E-state index in [1.165, 1.54) is 0 Å². The van der Waals surface area contributed by atoms with Crippen molar-refractivity contribution in [1.29, 1.82) is 0 Å². The van der Waals surface area contributed by atoms with E-state index in [4.69, 9.17) is 17.0 Å². The Labute approximate surface area is 162 Å². The van der Waals surface area contributed by atoms with Crippen LogP contribution in [0.1, 0.15) is 18.1 Å². The molecule has 1 atom stereocenters. The van der Waals surface area contributed by atoms with Crippen molar-refractivity contribution < 1.29 is 14.3 Å². The van der Waals surface area contributed by atoms with E-state index in [0.717, 1.165) is 16.3 Å². The molecular weight excluding hydrogens is 364 g/mol. The van der Waals surface area contributed by atoms with Gasteiger partial charge in [0.05, 0.1) is 7.11 Å². The molecule has 0 radical (unpaired) electrons. The number of hydrazine groups is 1. The lowest BCUT2D eigenvalue weighted by atomic mass is 9.92. The Morgan fingerprint density at radius 3 is 2.63 bits per heavy atom. The number of hydrogen-bond donors (Lipinski definition) is 3. The minimum Gasteiger partial charge on any atom is -0.497 e. The van der Waals surface area contributed by atoms with Gasteiger partial charge in [0.1, 0.15) is 11.3 Å². The molecule has 3 amide bonds. The molecule has 0 saturated carbocycles. The molecule has 0 aromatic heterocycles. The highest BCUT2D eigenvalue weighted by Crippen LogP contribution is 2.30. The van der Waals surface area contributed by atoms with Crippen LogP contribution in [0, 0.1) is 6.92 Å². The highest BCUT2D eigenvalue weighted by atomic mass is 32.1. The maximum atomic E-state index is 12.9. The average molecular weight is 384 g/mol. The Morgan fingerprint density at radius 2 is 1.93 bits per heavy atom. The van der Waals surface area contributed by atoms with E-state index in [0.29, 0.717) is 11.3 Å². The minimum atomic E-state index is -1.23. The first kappa shape index (κ1) is 18.7. The third kappa shape index (κ3) is 3.56. The molecule has 7 nitrogen and oxygen atoms in total. The van der Waals surface area contributed by atoms with Crippen molar-refractivity contribution in [2.45, 2.75) is 19.4 Å². The molecule has 0 aliphatic carbocycles. The number of amides is 3. The molecule has 1 saturated heterocycles. The summed E-state index contributed by atoms with van der Waals surface area (Å²) in [4.78, 5) is 25.3. The molecule has 3 N–H and O–H groups in total. The Bertz CT molecular complexity index is 917. The van der Waals surface area contributed by atoms with E-state index in [2.05, 4.69) is 16.1 Å². The number of para-hydroxylation sites is 1. The van der Waals surface area contributed by atoms with Crippen LogP contribution < -0.4 is 20.8 Å². The number of hydrogen-bond acceptors (Lipinski definition) is 4. The van der Waals surface area contributed by atoms with Gasteiger partial charge in [-0.15, -0.1) is 0 Å². The molecule has 140 valence electrons. The molecule has 1 fully saturated rings. The molecule has 0 bridgehead atoms. The van der Waals surface area contributed by atoms with Crippen molar-refractivity contribution in [3.8, 4) is 5.75 Å². The second-order valence-electron chi connectivity index (χ2n) is 6.31. The number of anilines is 1. The maximum Gasteiger partial charge on any atom is 0.344 e. The third-order valence-corrected chi connectivity index (χ3v) is 4.64. The van der Waals surface area contributed by atoms with Crippen LogP contribution in [0.5, 0.6) is 5.75 Å². The second-order valence-corrected chi connectivity index (χ2v) is 6.72. The number of methoxy groups -OCH3 is 1. The predicted octanol–water partition coefficient (Wildman–Crippen LogP) is 2.67. The zero-order valence-electron chi connectivity index (χ0n) is 15.2. The summed E-state index contributed by atoms with van der Waals surface area (Å²) in [7, 11) is 1.54. The van der Waals surface area contributed by atoms with Crippen LogP contribution in [0.4, 0.5) is 10.5 Å². The fourth-order valence-corrected chi connectivity index (χ4v) is 3.04. The van der Waals surface area contributed by atoms with Crippen molar-refractivity contribution in [3.05, 3.63) is 59.7 Å². The van der Waals surface area contributed by atoms with Gasteiger partial charge in [-0.25, -0.2) is 4.79 Å². The molecule has 0 unspecified atom stereocenters. The number of aryl methyl sites for hydroxylation is 1. The van der Waals surface area contributed by atoms with Gasteiger partial charge in [0, 0.05) is 5.69 Å². The monoisotopic (exact) mass is 384 g/mol. The second kappa shape index (κ2) is 7.24. The summed E-state index contributed by atoms with van der Waals surface area (Å²) in [5.74, 6) is 0.133. The normalized spacial score (nSPS) is 18.9. The number of thiocarbonyl (C=S) groups is 1. The van der Waals surface area contributed by atoms with Crippen LogP contribution in [0.2, 0.25) is 0 Å². The summed E-state index contributed by atoms with van der Waals surface area (Å²) < 4.78 is 5.21. The average Bonchev–Trinajstić information content (AvgIpc) is 2.88. The lowest BCUT2D eigenvalue weighted by Gasteiger charge is -2.23. The van der Waals surface area contributed by atoms with E-state index in [1.807, 2.05) is 31.2 Å². The van der Waals surface area contributed by atoms with Gasteiger partial charge in [0.15, 0.2) is 5.11 Å².